The fourth-order valence-corrected chi connectivity index (χ4v) is 1.95. The molecule has 0 saturated carbocycles. The molecule has 0 spiro atoms. The van der Waals surface area contributed by atoms with Crippen LogP contribution in [-0.2, 0) is 14.4 Å². The number of aryl methyl sites for hydroxylation is 1. The van der Waals surface area contributed by atoms with Crippen molar-refractivity contribution < 1.29 is 14.4 Å². The lowest BCUT2D eigenvalue weighted by Gasteiger charge is -2.20. The van der Waals surface area contributed by atoms with Gasteiger partial charge in [0, 0.05) is 19.2 Å². The van der Waals surface area contributed by atoms with Gasteiger partial charge in [-0.05, 0) is 25.5 Å². The molecule has 0 aliphatic heterocycles. The van der Waals surface area contributed by atoms with E-state index in [-0.39, 0.29) is 30.8 Å². The van der Waals surface area contributed by atoms with Gasteiger partial charge in [0.05, 0.1) is 13.1 Å². The van der Waals surface area contributed by atoms with Crippen molar-refractivity contribution in [2.24, 2.45) is 0 Å². The molecule has 0 heterocycles. The van der Waals surface area contributed by atoms with Crippen molar-refractivity contribution in [3.05, 3.63) is 29.8 Å². The van der Waals surface area contributed by atoms with Crippen LogP contribution in [0.4, 0.5) is 5.69 Å². The summed E-state index contributed by atoms with van der Waals surface area (Å²) in [6.07, 6.45) is 1.80. The van der Waals surface area contributed by atoms with Gasteiger partial charge in [0.2, 0.25) is 17.7 Å². The predicted octanol–water partition coefficient (Wildman–Crippen LogP) is 1.70. The van der Waals surface area contributed by atoms with Crippen LogP contribution in [-0.4, -0.2) is 42.3 Å². The molecule has 1 rings (SSSR count). The first-order valence-corrected chi connectivity index (χ1v) is 7.81. The van der Waals surface area contributed by atoms with Crippen LogP contribution in [0.2, 0.25) is 0 Å². The van der Waals surface area contributed by atoms with Gasteiger partial charge < -0.3 is 15.5 Å². The van der Waals surface area contributed by atoms with Crippen LogP contribution in [0.3, 0.4) is 0 Å². The Balaban J connectivity index is 2.37. The third kappa shape index (κ3) is 7.44. The number of rotatable bonds is 8. The molecule has 0 unspecified atom stereocenters. The summed E-state index contributed by atoms with van der Waals surface area (Å²) < 4.78 is 0. The van der Waals surface area contributed by atoms with Crippen LogP contribution in [0.5, 0.6) is 0 Å². The molecule has 126 valence electrons. The van der Waals surface area contributed by atoms with Crippen molar-refractivity contribution in [1.29, 1.82) is 0 Å². The third-order valence-corrected chi connectivity index (χ3v) is 3.34. The zero-order valence-electron chi connectivity index (χ0n) is 14.0. The second-order valence-electron chi connectivity index (χ2n) is 5.49. The van der Waals surface area contributed by atoms with Gasteiger partial charge in [0.15, 0.2) is 0 Å². The van der Waals surface area contributed by atoms with Gasteiger partial charge in [-0.15, -0.1) is 0 Å². The molecule has 0 atom stereocenters. The highest BCUT2D eigenvalue weighted by atomic mass is 16.2. The zero-order chi connectivity index (χ0) is 17.2. The summed E-state index contributed by atoms with van der Waals surface area (Å²) in [5, 5.41) is 5.23. The second-order valence-corrected chi connectivity index (χ2v) is 5.49. The lowest BCUT2D eigenvalue weighted by molar-refractivity contribution is -0.134. The van der Waals surface area contributed by atoms with E-state index >= 15 is 0 Å². The average molecular weight is 319 g/mol. The van der Waals surface area contributed by atoms with E-state index in [0.29, 0.717) is 12.2 Å². The first-order valence-electron chi connectivity index (χ1n) is 7.81. The summed E-state index contributed by atoms with van der Waals surface area (Å²) in [5.74, 6) is -0.779. The van der Waals surface area contributed by atoms with Crippen molar-refractivity contribution >= 4 is 23.4 Å². The fraction of sp³-hybridized carbons (Fsp3) is 0.471. The summed E-state index contributed by atoms with van der Waals surface area (Å²) in [5.41, 5.74) is 1.79. The number of nitrogens with one attached hydrogen (secondary N) is 2. The van der Waals surface area contributed by atoms with E-state index in [1.54, 1.807) is 12.1 Å². The highest BCUT2D eigenvalue weighted by molar-refractivity contribution is 5.95. The predicted molar refractivity (Wildman–Crippen MR) is 90.0 cm³/mol. The number of carbonyl (C=O) groups is 3. The Morgan fingerprint density at radius 2 is 1.74 bits per heavy atom. The monoisotopic (exact) mass is 319 g/mol. The Morgan fingerprint density at radius 1 is 1.09 bits per heavy atom. The van der Waals surface area contributed by atoms with Gasteiger partial charge in [0.1, 0.15) is 0 Å². The van der Waals surface area contributed by atoms with Gasteiger partial charge in [-0.1, -0.05) is 31.0 Å². The number of carbonyl (C=O) groups excluding carboxylic acids is 3. The molecule has 1 aromatic carbocycles. The number of anilines is 1. The normalized spacial score (nSPS) is 10.0. The number of benzene rings is 1. The number of nitrogens with zero attached hydrogens (tertiary/aromatic N) is 1. The minimum Gasteiger partial charge on any atom is -0.345 e. The maximum atomic E-state index is 11.8. The van der Waals surface area contributed by atoms with E-state index in [0.717, 1.165) is 18.4 Å². The maximum absolute atomic E-state index is 11.8. The quantitative estimate of drug-likeness (QED) is 0.765. The molecular weight excluding hydrogens is 294 g/mol. The first kappa shape index (κ1) is 18.7. The molecule has 6 heteroatoms. The van der Waals surface area contributed by atoms with Crippen molar-refractivity contribution in [2.75, 3.05) is 25.0 Å². The molecule has 23 heavy (non-hydrogen) atoms. The molecule has 0 aliphatic rings. The molecule has 0 bridgehead atoms. The van der Waals surface area contributed by atoms with Gasteiger partial charge in [-0.2, -0.15) is 0 Å². The van der Waals surface area contributed by atoms with Crippen LogP contribution in [0.1, 0.15) is 32.3 Å². The minimum absolute atomic E-state index is 0.0207. The molecule has 0 radical (unpaired) electrons. The standard InChI is InChI=1S/C17H25N3O3/c1-4-5-10-20(14(3)21)12-17(23)18-11-16(22)19-15-8-6-13(2)7-9-15/h6-9H,4-5,10-12H2,1-3H3,(H,18,23)(H,19,22). The van der Waals surface area contributed by atoms with E-state index in [2.05, 4.69) is 10.6 Å². The topological polar surface area (TPSA) is 78.5 Å². The minimum atomic E-state index is -0.338. The summed E-state index contributed by atoms with van der Waals surface area (Å²) >= 11 is 0. The average Bonchev–Trinajstić information content (AvgIpc) is 2.51. The number of amides is 3. The summed E-state index contributed by atoms with van der Waals surface area (Å²) in [6.45, 7) is 5.83. The van der Waals surface area contributed by atoms with E-state index in [4.69, 9.17) is 0 Å². The Labute approximate surface area is 137 Å². The number of hydrogen-bond donors (Lipinski definition) is 2. The summed E-state index contributed by atoms with van der Waals surface area (Å²) in [7, 11) is 0. The Kier molecular flexibility index (Phi) is 7.80. The molecule has 0 saturated heterocycles. The largest absolute Gasteiger partial charge is 0.345 e. The van der Waals surface area contributed by atoms with E-state index in [1.165, 1.54) is 11.8 Å². The SMILES string of the molecule is CCCCN(CC(=O)NCC(=O)Nc1ccc(C)cc1)C(C)=O. The van der Waals surface area contributed by atoms with Gasteiger partial charge in [-0.25, -0.2) is 0 Å². The van der Waals surface area contributed by atoms with Crippen molar-refractivity contribution in [3.8, 4) is 0 Å². The van der Waals surface area contributed by atoms with Gasteiger partial charge >= 0.3 is 0 Å². The second kappa shape index (κ2) is 9.61. The molecule has 0 aliphatic carbocycles. The lowest BCUT2D eigenvalue weighted by atomic mass is 10.2. The molecular formula is C17H25N3O3. The highest BCUT2D eigenvalue weighted by Crippen LogP contribution is 2.07. The van der Waals surface area contributed by atoms with Gasteiger partial charge in [0.25, 0.3) is 0 Å². The molecule has 0 fully saturated rings. The smallest absolute Gasteiger partial charge is 0.243 e. The van der Waals surface area contributed by atoms with Gasteiger partial charge in [-0.3, -0.25) is 14.4 Å². The molecule has 3 amide bonds. The van der Waals surface area contributed by atoms with Crippen LogP contribution in [0.25, 0.3) is 0 Å². The Bertz CT molecular complexity index is 541. The van der Waals surface area contributed by atoms with Crippen molar-refractivity contribution in [1.82, 2.24) is 10.2 Å². The zero-order valence-corrected chi connectivity index (χ0v) is 14.0. The Hall–Kier alpha value is -2.37. The van der Waals surface area contributed by atoms with Crippen molar-refractivity contribution in [2.45, 2.75) is 33.6 Å². The fourth-order valence-electron chi connectivity index (χ4n) is 1.95. The first-order chi connectivity index (χ1) is 10.9. The number of hydrogen-bond acceptors (Lipinski definition) is 3. The van der Waals surface area contributed by atoms with Crippen LogP contribution < -0.4 is 10.6 Å². The van der Waals surface area contributed by atoms with E-state index < -0.39 is 0 Å². The Morgan fingerprint density at radius 3 is 2.30 bits per heavy atom. The number of unbranched alkanes of at least 4 members (excludes halogenated alkanes) is 1. The third-order valence-electron chi connectivity index (χ3n) is 3.34. The lowest BCUT2D eigenvalue weighted by Crippen LogP contribution is -2.42. The van der Waals surface area contributed by atoms with E-state index in [1.807, 2.05) is 26.0 Å². The molecule has 6 nitrogen and oxygen atoms in total. The molecule has 1 aromatic rings. The highest BCUT2D eigenvalue weighted by Gasteiger charge is 2.13. The van der Waals surface area contributed by atoms with Crippen molar-refractivity contribution in [3.63, 3.8) is 0 Å². The summed E-state index contributed by atoms with van der Waals surface area (Å²) in [6, 6.07) is 7.40. The maximum Gasteiger partial charge on any atom is 0.243 e. The van der Waals surface area contributed by atoms with Crippen LogP contribution in [0, 0.1) is 6.92 Å². The summed E-state index contributed by atoms with van der Waals surface area (Å²) in [4.78, 5) is 36.6. The van der Waals surface area contributed by atoms with Crippen LogP contribution >= 0.6 is 0 Å². The van der Waals surface area contributed by atoms with E-state index in [9.17, 15) is 14.4 Å². The molecule has 2 N–H and O–H groups in total. The molecule has 0 aromatic heterocycles. The van der Waals surface area contributed by atoms with Crippen LogP contribution in [0.15, 0.2) is 24.3 Å².